The molecule has 3 aromatic carbocycles. The Kier molecular flexibility index (Phi) is 7.15. The molecule has 1 atom stereocenters. The Hall–Kier alpha value is -3.80. The number of carbonyl (C=O) groups excluding carboxylic acids is 1. The molecule has 0 aromatic heterocycles. The van der Waals surface area contributed by atoms with Gasteiger partial charge in [0, 0.05) is 32.2 Å². The van der Waals surface area contributed by atoms with Crippen LogP contribution in [-0.4, -0.2) is 42.6 Å². The number of ether oxygens (including phenoxy) is 1. The fourth-order valence-corrected chi connectivity index (χ4v) is 6.28. The fraction of sp³-hybridized carbons (Fsp3) is 0.394. The first-order valence-corrected chi connectivity index (χ1v) is 13.7. The standard InChI is InChI=1S/C33H38N2O4/c1-20-13-26(39-19-30(36)35(4)5)14-21(2)32(20)27-8-6-7-23(22(27)3)18-34-25-9-10-28-24(15-25)17-33(11-12-33)29(28)16-31(37)38/h6-10,13-15,29,34H,11-12,16-19H2,1-5H3,(H,37,38). The number of fused-ring (bicyclic) bond motifs is 1. The van der Waals surface area contributed by atoms with Crippen molar-refractivity contribution >= 4 is 17.6 Å². The summed E-state index contributed by atoms with van der Waals surface area (Å²) in [5.74, 6) is 0.0778. The van der Waals surface area contributed by atoms with Gasteiger partial charge in [0.15, 0.2) is 6.61 Å². The molecule has 0 bridgehead atoms. The number of aliphatic carboxylic acids is 1. The van der Waals surface area contributed by atoms with Gasteiger partial charge in [0.2, 0.25) is 0 Å². The maximum Gasteiger partial charge on any atom is 0.303 e. The van der Waals surface area contributed by atoms with Crippen LogP contribution >= 0.6 is 0 Å². The van der Waals surface area contributed by atoms with Gasteiger partial charge >= 0.3 is 5.97 Å². The second kappa shape index (κ2) is 10.4. The minimum atomic E-state index is -0.705. The molecular weight excluding hydrogens is 488 g/mol. The lowest BCUT2D eigenvalue weighted by Gasteiger charge is -2.19. The second-order valence-corrected chi connectivity index (χ2v) is 11.6. The molecule has 2 aliphatic rings. The zero-order valence-electron chi connectivity index (χ0n) is 23.6. The molecule has 1 amide bonds. The summed E-state index contributed by atoms with van der Waals surface area (Å²) in [5.41, 5.74) is 10.8. The molecule has 3 aromatic rings. The van der Waals surface area contributed by atoms with Crippen molar-refractivity contribution in [1.29, 1.82) is 0 Å². The fourth-order valence-electron chi connectivity index (χ4n) is 6.28. The lowest BCUT2D eigenvalue weighted by Crippen LogP contribution is -2.27. The van der Waals surface area contributed by atoms with E-state index in [4.69, 9.17) is 4.74 Å². The van der Waals surface area contributed by atoms with Crippen LogP contribution < -0.4 is 10.1 Å². The lowest BCUT2D eigenvalue weighted by molar-refractivity contribution is -0.137. The lowest BCUT2D eigenvalue weighted by atomic mass is 9.87. The summed E-state index contributed by atoms with van der Waals surface area (Å²) in [6.07, 6.45) is 3.49. The monoisotopic (exact) mass is 526 g/mol. The number of nitrogens with one attached hydrogen (secondary N) is 1. The first-order valence-electron chi connectivity index (χ1n) is 13.7. The van der Waals surface area contributed by atoms with Gasteiger partial charge in [-0.3, -0.25) is 9.59 Å². The highest BCUT2D eigenvalue weighted by Gasteiger charge is 2.54. The molecule has 5 rings (SSSR count). The summed E-state index contributed by atoms with van der Waals surface area (Å²) < 4.78 is 5.77. The summed E-state index contributed by atoms with van der Waals surface area (Å²) in [5, 5.41) is 13.0. The summed E-state index contributed by atoms with van der Waals surface area (Å²) in [6, 6.07) is 16.9. The summed E-state index contributed by atoms with van der Waals surface area (Å²) >= 11 is 0. The number of rotatable bonds is 9. The number of anilines is 1. The molecule has 0 aliphatic heterocycles. The zero-order valence-corrected chi connectivity index (χ0v) is 23.6. The Morgan fingerprint density at radius 2 is 1.77 bits per heavy atom. The predicted molar refractivity (Wildman–Crippen MR) is 154 cm³/mol. The van der Waals surface area contributed by atoms with E-state index in [-0.39, 0.29) is 30.3 Å². The Morgan fingerprint density at radius 3 is 2.41 bits per heavy atom. The number of carboxylic acid groups (broad SMARTS) is 1. The van der Waals surface area contributed by atoms with E-state index in [1.165, 1.54) is 38.3 Å². The number of aryl methyl sites for hydroxylation is 2. The average Bonchev–Trinajstić information content (AvgIpc) is 3.59. The minimum Gasteiger partial charge on any atom is -0.484 e. The Bertz CT molecular complexity index is 1410. The van der Waals surface area contributed by atoms with E-state index in [1.807, 2.05) is 12.1 Å². The van der Waals surface area contributed by atoms with Crippen LogP contribution in [0.4, 0.5) is 5.69 Å². The Labute approximate surface area is 231 Å². The molecule has 0 saturated heterocycles. The van der Waals surface area contributed by atoms with Crippen LogP contribution in [0.1, 0.15) is 58.6 Å². The highest BCUT2D eigenvalue weighted by molar-refractivity contribution is 5.78. The van der Waals surface area contributed by atoms with Crippen molar-refractivity contribution in [3.63, 3.8) is 0 Å². The highest BCUT2D eigenvalue weighted by atomic mass is 16.5. The van der Waals surface area contributed by atoms with Crippen LogP contribution in [0, 0.1) is 26.2 Å². The van der Waals surface area contributed by atoms with Gasteiger partial charge in [-0.2, -0.15) is 0 Å². The Balaban J connectivity index is 1.32. The molecule has 2 aliphatic carbocycles. The van der Waals surface area contributed by atoms with Crippen molar-refractivity contribution < 1.29 is 19.4 Å². The first-order chi connectivity index (χ1) is 18.6. The van der Waals surface area contributed by atoms with Gasteiger partial charge in [0.05, 0.1) is 6.42 Å². The van der Waals surface area contributed by atoms with Crippen molar-refractivity contribution in [2.75, 3.05) is 26.0 Å². The molecule has 0 radical (unpaired) electrons. The van der Waals surface area contributed by atoms with Crippen LogP contribution in [0.5, 0.6) is 5.75 Å². The van der Waals surface area contributed by atoms with Crippen molar-refractivity contribution in [3.8, 4) is 16.9 Å². The zero-order chi connectivity index (χ0) is 27.9. The maximum absolute atomic E-state index is 11.9. The van der Waals surface area contributed by atoms with E-state index in [0.717, 1.165) is 36.1 Å². The van der Waals surface area contributed by atoms with Crippen LogP contribution in [-0.2, 0) is 22.6 Å². The maximum atomic E-state index is 11.9. The van der Waals surface area contributed by atoms with Crippen LogP contribution in [0.15, 0.2) is 48.5 Å². The third-order valence-corrected chi connectivity index (χ3v) is 8.64. The van der Waals surface area contributed by atoms with Crippen LogP contribution in [0.3, 0.4) is 0 Å². The number of hydrogen-bond acceptors (Lipinski definition) is 4. The molecule has 39 heavy (non-hydrogen) atoms. The molecule has 1 unspecified atom stereocenters. The van der Waals surface area contributed by atoms with Crippen molar-refractivity contribution in [1.82, 2.24) is 4.90 Å². The number of carboxylic acids is 1. The van der Waals surface area contributed by atoms with Crippen molar-refractivity contribution in [3.05, 3.63) is 81.9 Å². The van der Waals surface area contributed by atoms with Crippen molar-refractivity contribution in [2.24, 2.45) is 5.41 Å². The molecular formula is C33H38N2O4. The predicted octanol–water partition coefficient (Wildman–Crippen LogP) is 6.25. The highest BCUT2D eigenvalue weighted by Crippen LogP contribution is 2.64. The largest absolute Gasteiger partial charge is 0.484 e. The van der Waals surface area contributed by atoms with E-state index in [1.54, 1.807) is 14.1 Å². The molecule has 0 heterocycles. The van der Waals surface area contributed by atoms with E-state index in [9.17, 15) is 14.7 Å². The quantitative estimate of drug-likeness (QED) is 0.344. The van der Waals surface area contributed by atoms with E-state index >= 15 is 0 Å². The Morgan fingerprint density at radius 1 is 1.05 bits per heavy atom. The number of likely N-dealkylation sites (N-methyl/N-ethyl adjacent to an activating group) is 1. The van der Waals surface area contributed by atoms with Gasteiger partial charge in [-0.1, -0.05) is 24.3 Å². The van der Waals surface area contributed by atoms with Gasteiger partial charge in [-0.05, 0) is 114 Å². The molecule has 1 fully saturated rings. The summed E-state index contributed by atoms with van der Waals surface area (Å²) in [7, 11) is 3.45. The van der Waals surface area contributed by atoms with E-state index in [2.05, 4.69) is 62.5 Å². The number of nitrogens with zero attached hydrogens (tertiary/aromatic N) is 1. The van der Waals surface area contributed by atoms with Gasteiger partial charge < -0.3 is 20.1 Å². The number of amides is 1. The molecule has 1 saturated carbocycles. The number of benzene rings is 3. The van der Waals surface area contributed by atoms with Gasteiger partial charge in [0.25, 0.3) is 5.91 Å². The summed E-state index contributed by atoms with van der Waals surface area (Å²) in [4.78, 5) is 24.9. The molecule has 2 N–H and O–H groups in total. The van der Waals surface area contributed by atoms with E-state index < -0.39 is 5.97 Å². The molecule has 204 valence electrons. The van der Waals surface area contributed by atoms with Crippen molar-refractivity contribution in [2.45, 2.75) is 58.9 Å². The van der Waals surface area contributed by atoms with Crippen LogP contribution in [0.25, 0.3) is 11.1 Å². The normalized spacial score (nSPS) is 16.6. The number of carbonyl (C=O) groups is 2. The van der Waals surface area contributed by atoms with Crippen LogP contribution in [0.2, 0.25) is 0 Å². The minimum absolute atomic E-state index is 0.0231. The first kappa shape index (κ1) is 26.8. The average molecular weight is 527 g/mol. The third-order valence-electron chi connectivity index (χ3n) is 8.64. The SMILES string of the molecule is Cc1cc(OCC(=O)N(C)C)cc(C)c1-c1cccc(CNc2ccc3c(c2)CC2(CC2)C3CC(=O)O)c1C. The molecule has 6 nitrogen and oxygen atoms in total. The third kappa shape index (κ3) is 5.38. The summed E-state index contributed by atoms with van der Waals surface area (Å²) in [6.45, 7) is 7.06. The van der Waals surface area contributed by atoms with Gasteiger partial charge in [-0.25, -0.2) is 0 Å². The van der Waals surface area contributed by atoms with Gasteiger partial charge in [0.1, 0.15) is 5.75 Å². The van der Waals surface area contributed by atoms with E-state index in [0.29, 0.717) is 12.3 Å². The number of hydrogen-bond donors (Lipinski definition) is 2. The smallest absolute Gasteiger partial charge is 0.303 e. The second-order valence-electron chi connectivity index (χ2n) is 11.6. The molecule has 6 heteroatoms. The topological polar surface area (TPSA) is 78.9 Å². The molecule has 1 spiro atoms. The van der Waals surface area contributed by atoms with Gasteiger partial charge in [-0.15, -0.1) is 0 Å².